The minimum Gasteiger partial charge on any atom is -0.508 e. The highest BCUT2D eigenvalue weighted by Crippen LogP contribution is 2.25. The number of pyridine rings is 1. The van der Waals surface area contributed by atoms with Gasteiger partial charge in [0.15, 0.2) is 0 Å². The maximum atomic E-state index is 13.1. The van der Waals surface area contributed by atoms with Crippen molar-refractivity contribution in [2.24, 2.45) is 7.05 Å². The first-order chi connectivity index (χ1) is 16.7. The summed E-state index contributed by atoms with van der Waals surface area (Å²) < 4.78 is 2.31. The maximum absolute atomic E-state index is 13.1. The van der Waals surface area contributed by atoms with E-state index in [1.165, 1.54) is 11.3 Å². The number of phenols is 1. The predicted octanol–water partition coefficient (Wildman–Crippen LogP) is 4.05. The second-order valence-electron chi connectivity index (χ2n) is 8.52. The monoisotopic (exact) mass is 511 g/mol. The number of thiophene rings is 1. The smallest absolute Gasteiger partial charge is 0.257 e. The van der Waals surface area contributed by atoms with E-state index in [1.807, 2.05) is 37.2 Å². The normalized spacial score (nSPS) is 12.3. The molecule has 0 radical (unpaired) electrons. The summed E-state index contributed by atoms with van der Waals surface area (Å²) in [6, 6.07) is 15.6. The molecule has 1 atom stereocenters. The molecule has 4 aromatic rings. The first-order valence-electron chi connectivity index (χ1n) is 11.0. The molecule has 3 N–H and O–H groups in total. The van der Waals surface area contributed by atoms with Crippen LogP contribution in [-0.2, 0) is 20.1 Å². The van der Waals surface area contributed by atoms with E-state index in [1.54, 1.807) is 47.2 Å². The lowest BCUT2D eigenvalue weighted by Gasteiger charge is -2.20. The van der Waals surface area contributed by atoms with Gasteiger partial charge in [-0.1, -0.05) is 35.9 Å². The molecule has 2 aromatic heterocycles. The number of hydrogen-bond donors (Lipinski definition) is 3. The van der Waals surface area contributed by atoms with Gasteiger partial charge in [0.2, 0.25) is 5.43 Å². The molecule has 2 aromatic carbocycles. The molecule has 9 heteroatoms. The summed E-state index contributed by atoms with van der Waals surface area (Å²) in [6.45, 7) is 1.21. The van der Waals surface area contributed by atoms with Crippen LogP contribution in [0.2, 0.25) is 5.02 Å². The third-order valence-corrected chi connectivity index (χ3v) is 7.08. The van der Waals surface area contributed by atoms with Crippen LogP contribution < -0.4 is 10.7 Å². The van der Waals surface area contributed by atoms with Gasteiger partial charge in [-0.15, -0.1) is 11.3 Å². The van der Waals surface area contributed by atoms with Crippen LogP contribution in [0.25, 0.3) is 10.2 Å². The third kappa shape index (κ3) is 5.91. The van der Waals surface area contributed by atoms with Gasteiger partial charge in [0.1, 0.15) is 11.3 Å². The van der Waals surface area contributed by atoms with Crippen LogP contribution in [-0.4, -0.2) is 39.2 Å². The van der Waals surface area contributed by atoms with Gasteiger partial charge < -0.3 is 20.1 Å². The number of amides is 1. The molecule has 35 heavy (non-hydrogen) atoms. The van der Waals surface area contributed by atoms with Crippen LogP contribution in [0.15, 0.2) is 65.6 Å². The number of carbonyl (C=O) groups excluding carboxylic acids is 1. The Kier molecular flexibility index (Phi) is 7.57. The fourth-order valence-corrected chi connectivity index (χ4v) is 5.20. The topological polar surface area (TPSA) is 94.8 Å². The summed E-state index contributed by atoms with van der Waals surface area (Å²) in [7, 11) is 3.70. The molecule has 0 bridgehead atoms. The number of aromatic hydroxyl groups is 1. The molecule has 7 nitrogen and oxygen atoms in total. The number of aromatic nitrogens is 1. The molecule has 4 rings (SSSR count). The number of likely N-dealkylation sites (N-methyl/N-ethyl adjacent to an activating group) is 1. The number of nitrogens with zero attached hydrogens (tertiary/aromatic N) is 2. The maximum Gasteiger partial charge on any atom is 0.257 e. The van der Waals surface area contributed by atoms with Crippen molar-refractivity contribution >= 4 is 39.1 Å². The molecular weight excluding hydrogens is 486 g/mol. The summed E-state index contributed by atoms with van der Waals surface area (Å²) in [5.74, 6) is -0.273. The van der Waals surface area contributed by atoms with Crippen LogP contribution in [0.5, 0.6) is 5.75 Å². The number of aliphatic hydroxyl groups excluding tert-OH is 1. The number of carbonyl (C=O) groups is 1. The molecule has 0 aliphatic heterocycles. The zero-order valence-corrected chi connectivity index (χ0v) is 20.9. The van der Waals surface area contributed by atoms with Crippen molar-refractivity contribution in [3.8, 4) is 5.75 Å². The standard InChI is InChI=1S/C26H26ClN3O4S/c1-29(15-23(32)17-5-9-19(31)10-6-17)13-20-11-22-25(35-20)24(33)21(14-30(22)2)26(34)28-12-16-3-7-18(27)8-4-16/h3-11,14,23,31-32H,12-13,15H2,1-2H3,(H,28,34). The van der Waals surface area contributed by atoms with Gasteiger partial charge in [-0.25, -0.2) is 0 Å². The Balaban J connectivity index is 1.47. The van der Waals surface area contributed by atoms with Crippen molar-refractivity contribution in [2.75, 3.05) is 13.6 Å². The first-order valence-corrected chi connectivity index (χ1v) is 12.2. The Morgan fingerprint density at radius 2 is 1.86 bits per heavy atom. The molecule has 1 amide bonds. The van der Waals surface area contributed by atoms with Crippen molar-refractivity contribution in [2.45, 2.75) is 19.2 Å². The van der Waals surface area contributed by atoms with Gasteiger partial charge in [-0.3, -0.25) is 14.5 Å². The molecule has 182 valence electrons. The van der Waals surface area contributed by atoms with Crippen LogP contribution in [0.4, 0.5) is 0 Å². The minimum absolute atomic E-state index is 0.0958. The second kappa shape index (κ2) is 10.6. The van der Waals surface area contributed by atoms with Gasteiger partial charge in [-0.05, 0) is 48.5 Å². The number of aliphatic hydroxyl groups is 1. The number of aryl methyl sites for hydroxylation is 1. The van der Waals surface area contributed by atoms with E-state index >= 15 is 0 Å². The average Bonchev–Trinajstić information content (AvgIpc) is 3.25. The van der Waals surface area contributed by atoms with Gasteiger partial charge in [0.25, 0.3) is 5.91 Å². The van der Waals surface area contributed by atoms with E-state index in [0.29, 0.717) is 34.9 Å². The summed E-state index contributed by atoms with van der Waals surface area (Å²) in [4.78, 5) is 28.8. The highest BCUT2D eigenvalue weighted by Gasteiger charge is 2.18. The molecule has 0 fully saturated rings. The zero-order valence-electron chi connectivity index (χ0n) is 19.4. The Labute approximate surface area is 211 Å². The number of fused-ring (bicyclic) bond motifs is 1. The number of halogens is 1. The van der Waals surface area contributed by atoms with Gasteiger partial charge in [-0.2, -0.15) is 0 Å². The fourth-order valence-electron chi connectivity index (χ4n) is 3.85. The Morgan fingerprint density at radius 1 is 1.17 bits per heavy atom. The molecule has 2 heterocycles. The first kappa shape index (κ1) is 24.9. The second-order valence-corrected chi connectivity index (χ2v) is 10.1. The number of phenolic OH excluding ortho intramolecular Hbond substituents is 1. The van der Waals surface area contributed by atoms with Crippen molar-refractivity contribution in [3.05, 3.63) is 97.6 Å². The van der Waals surface area contributed by atoms with E-state index in [-0.39, 0.29) is 16.7 Å². The Hall–Kier alpha value is -3.17. The highest BCUT2D eigenvalue weighted by molar-refractivity contribution is 7.19. The van der Waals surface area contributed by atoms with Crippen molar-refractivity contribution < 1.29 is 15.0 Å². The average molecular weight is 512 g/mol. The van der Waals surface area contributed by atoms with Gasteiger partial charge in [0.05, 0.1) is 16.3 Å². The number of rotatable bonds is 8. The van der Waals surface area contributed by atoms with E-state index in [4.69, 9.17) is 11.6 Å². The largest absolute Gasteiger partial charge is 0.508 e. The lowest BCUT2D eigenvalue weighted by atomic mass is 10.1. The summed E-state index contributed by atoms with van der Waals surface area (Å²) in [5, 5.41) is 23.4. The molecule has 0 spiro atoms. The minimum atomic E-state index is -0.711. The molecule has 0 saturated heterocycles. The molecule has 0 saturated carbocycles. The number of benzene rings is 2. The lowest BCUT2D eigenvalue weighted by molar-refractivity contribution is 0.0949. The van der Waals surface area contributed by atoms with E-state index in [9.17, 15) is 19.8 Å². The molecule has 0 aliphatic rings. The molecular formula is C26H26ClN3O4S. The summed E-state index contributed by atoms with van der Waals surface area (Å²) >= 11 is 7.26. The molecule has 0 aliphatic carbocycles. The van der Waals surface area contributed by atoms with E-state index < -0.39 is 12.0 Å². The fraction of sp³-hybridized carbons (Fsp3) is 0.231. The molecule has 1 unspecified atom stereocenters. The summed E-state index contributed by atoms with van der Waals surface area (Å²) in [6.07, 6.45) is 0.855. The number of nitrogens with one attached hydrogen (secondary N) is 1. The van der Waals surface area contributed by atoms with Crippen molar-refractivity contribution in [1.29, 1.82) is 0 Å². The van der Waals surface area contributed by atoms with Gasteiger partial charge >= 0.3 is 0 Å². The Morgan fingerprint density at radius 3 is 2.54 bits per heavy atom. The highest BCUT2D eigenvalue weighted by atomic mass is 35.5. The predicted molar refractivity (Wildman–Crippen MR) is 139 cm³/mol. The summed E-state index contributed by atoms with van der Waals surface area (Å²) in [5.41, 5.74) is 2.16. The van der Waals surface area contributed by atoms with Crippen LogP contribution in [0.3, 0.4) is 0 Å². The third-order valence-electron chi connectivity index (χ3n) is 5.72. The van der Waals surface area contributed by atoms with Gasteiger partial charge in [0, 0.05) is 42.8 Å². The van der Waals surface area contributed by atoms with Crippen molar-refractivity contribution in [1.82, 2.24) is 14.8 Å². The SMILES string of the molecule is CN(Cc1cc2c(s1)c(=O)c(C(=O)NCc1ccc(Cl)cc1)cn2C)CC(O)c1ccc(O)cc1. The van der Waals surface area contributed by atoms with Crippen LogP contribution in [0, 0.1) is 0 Å². The quantitative estimate of drug-likeness (QED) is 0.332. The van der Waals surface area contributed by atoms with E-state index in [0.717, 1.165) is 16.0 Å². The lowest BCUT2D eigenvalue weighted by Crippen LogP contribution is -2.29. The van der Waals surface area contributed by atoms with Crippen LogP contribution in [0.1, 0.15) is 32.5 Å². The van der Waals surface area contributed by atoms with E-state index in [2.05, 4.69) is 5.32 Å². The number of hydrogen-bond acceptors (Lipinski definition) is 6. The van der Waals surface area contributed by atoms with Crippen LogP contribution >= 0.6 is 22.9 Å². The van der Waals surface area contributed by atoms with Crippen molar-refractivity contribution in [3.63, 3.8) is 0 Å². The Bertz CT molecular complexity index is 1400. The zero-order chi connectivity index (χ0) is 25.1.